The number of carbonyl (C=O) groups is 1. The van der Waals surface area contributed by atoms with Crippen molar-refractivity contribution in [1.29, 1.82) is 0 Å². The number of nitrogens with zero attached hydrogens (tertiary/aromatic N) is 1. The Morgan fingerprint density at radius 2 is 2.15 bits per heavy atom. The Balaban J connectivity index is 2.87. The highest BCUT2D eigenvalue weighted by molar-refractivity contribution is 7.73. The molecule has 0 unspecified atom stereocenters. The van der Waals surface area contributed by atoms with Crippen molar-refractivity contribution in [2.24, 2.45) is 0 Å². The average Bonchev–Trinajstić information content (AvgIpc) is 2.04. The van der Waals surface area contributed by atoms with Gasteiger partial charge in [0.1, 0.15) is 5.82 Å². The minimum Gasteiger partial charge on any atom is -0.478 e. The lowest BCUT2D eigenvalue weighted by molar-refractivity contribution is 0.0696. The minimum atomic E-state index is -2.76. The van der Waals surface area contributed by atoms with E-state index in [4.69, 9.17) is 5.11 Å². The molecule has 1 heterocycles. The number of hydrogen-bond donors (Lipinski definition) is 3. The molecule has 1 aromatic heterocycles. The van der Waals surface area contributed by atoms with Crippen LogP contribution in [0.1, 0.15) is 10.4 Å². The summed E-state index contributed by atoms with van der Waals surface area (Å²) in [4.78, 5) is 13.9. The first-order valence-corrected chi connectivity index (χ1v) is 4.38. The molecule has 2 N–H and O–H groups in total. The molecule has 6 nitrogen and oxygen atoms in total. The van der Waals surface area contributed by atoms with E-state index >= 15 is 0 Å². The molecule has 70 valence electrons. The van der Waals surface area contributed by atoms with Gasteiger partial charge in [-0.15, -0.1) is 0 Å². The predicted molar refractivity (Wildman–Crippen MR) is 45.1 cm³/mol. The molecule has 7 heteroatoms. The van der Waals surface area contributed by atoms with E-state index in [2.05, 4.69) is 4.98 Å². The summed E-state index contributed by atoms with van der Waals surface area (Å²) in [6.07, 6.45) is 1.07. The van der Waals surface area contributed by atoms with Gasteiger partial charge in [0.05, 0.1) is 5.56 Å². The topological polar surface area (TPSA) is 96.4 Å². The molecule has 0 saturated carbocycles. The minimum absolute atomic E-state index is 0.00618. The quantitative estimate of drug-likeness (QED) is 0.586. The van der Waals surface area contributed by atoms with Crippen LogP contribution in [0.4, 0.5) is 5.82 Å². The van der Waals surface area contributed by atoms with E-state index in [1.54, 1.807) is 0 Å². The second-order valence-corrected chi connectivity index (χ2v) is 2.84. The number of anilines is 1. The lowest BCUT2D eigenvalue weighted by Crippen LogP contribution is -2.00. The van der Waals surface area contributed by atoms with Crippen LogP contribution in [0.2, 0.25) is 0 Å². The van der Waals surface area contributed by atoms with Gasteiger partial charge in [-0.1, -0.05) is 0 Å². The lowest BCUT2D eigenvalue weighted by Gasteiger charge is -1.97. The smallest absolute Gasteiger partial charge is 0.337 e. The first-order valence-electron chi connectivity index (χ1n) is 3.20. The molecule has 13 heavy (non-hydrogen) atoms. The standard InChI is InChI=1S/C6H6N2O4S/c9-6(10)4-1-2-5(7-3-4)8-13(11)12/h1-3,13H,(H,9,10)(H,7,8,11,12). The van der Waals surface area contributed by atoms with E-state index < -0.39 is 16.9 Å². The summed E-state index contributed by atoms with van der Waals surface area (Å²) in [6, 6.07) is 2.53. The summed E-state index contributed by atoms with van der Waals surface area (Å²) in [5.41, 5.74) is 0.00618. The zero-order valence-corrected chi connectivity index (χ0v) is 7.19. The Morgan fingerprint density at radius 3 is 2.54 bits per heavy atom. The molecule has 1 rings (SSSR count). The summed E-state index contributed by atoms with van der Waals surface area (Å²) < 4.78 is 22.3. The zero-order valence-electron chi connectivity index (χ0n) is 6.30. The van der Waals surface area contributed by atoms with Gasteiger partial charge in [0.25, 0.3) is 0 Å². The van der Waals surface area contributed by atoms with Crippen LogP contribution in [0.3, 0.4) is 0 Å². The van der Waals surface area contributed by atoms with Crippen molar-refractivity contribution >= 4 is 22.7 Å². The average molecular weight is 202 g/mol. The van der Waals surface area contributed by atoms with Gasteiger partial charge in [-0.3, -0.25) is 4.72 Å². The third-order valence-corrected chi connectivity index (χ3v) is 1.63. The molecule has 0 fully saturated rings. The molecule has 0 saturated heterocycles. The molecule has 0 atom stereocenters. The third kappa shape index (κ3) is 2.71. The van der Waals surface area contributed by atoms with E-state index in [1.807, 2.05) is 4.72 Å². The Morgan fingerprint density at radius 1 is 1.46 bits per heavy atom. The van der Waals surface area contributed by atoms with E-state index in [0.29, 0.717) is 0 Å². The zero-order chi connectivity index (χ0) is 9.84. The van der Waals surface area contributed by atoms with Gasteiger partial charge in [0.15, 0.2) is 0 Å². The van der Waals surface area contributed by atoms with Crippen LogP contribution < -0.4 is 4.72 Å². The van der Waals surface area contributed by atoms with Crippen LogP contribution in [-0.2, 0) is 10.9 Å². The van der Waals surface area contributed by atoms with Gasteiger partial charge in [-0.25, -0.2) is 18.2 Å². The van der Waals surface area contributed by atoms with Crippen LogP contribution >= 0.6 is 0 Å². The summed E-state index contributed by atoms with van der Waals surface area (Å²) in [5, 5.41) is 8.48. The van der Waals surface area contributed by atoms with Crippen LogP contribution in [0.25, 0.3) is 0 Å². The Hall–Kier alpha value is -1.63. The van der Waals surface area contributed by atoms with Gasteiger partial charge in [-0.2, -0.15) is 0 Å². The molecular formula is C6H6N2O4S. The molecule has 0 bridgehead atoms. The van der Waals surface area contributed by atoms with E-state index in [0.717, 1.165) is 6.20 Å². The Labute approximate surface area is 75.3 Å². The van der Waals surface area contributed by atoms with Crippen molar-refractivity contribution in [2.45, 2.75) is 0 Å². The largest absolute Gasteiger partial charge is 0.478 e. The summed E-state index contributed by atoms with van der Waals surface area (Å²) >= 11 is 0. The van der Waals surface area contributed by atoms with Crippen molar-refractivity contribution in [1.82, 2.24) is 4.98 Å². The number of hydrogen-bond acceptors (Lipinski definition) is 4. The van der Waals surface area contributed by atoms with Gasteiger partial charge >= 0.3 is 5.97 Å². The van der Waals surface area contributed by atoms with Crippen LogP contribution in [0.5, 0.6) is 0 Å². The monoisotopic (exact) mass is 202 g/mol. The third-order valence-electron chi connectivity index (χ3n) is 1.22. The SMILES string of the molecule is O=C(O)c1ccc(N[SH](=O)=O)nc1. The van der Waals surface area contributed by atoms with Gasteiger partial charge < -0.3 is 5.11 Å². The van der Waals surface area contributed by atoms with E-state index in [-0.39, 0.29) is 11.4 Å². The van der Waals surface area contributed by atoms with E-state index in [9.17, 15) is 13.2 Å². The van der Waals surface area contributed by atoms with Crippen LogP contribution in [0, 0.1) is 0 Å². The first-order chi connectivity index (χ1) is 6.09. The molecular weight excluding hydrogens is 196 g/mol. The molecule has 0 aliphatic heterocycles. The molecule has 0 aliphatic carbocycles. The second-order valence-electron chi connectivity index (χ2n) is 2.11. The summed E-state index contributed by atoms with van der Waals surface area (Å²) in [5.74, 6) is -1.01. The molecule has 0 radical (unpaired) electrons. The molecule has 1 aromatic rings. The lowest BCUT2D eigenvalue weighted by atomic mass is 10.3. The number of aromatic nitrogens is 1. The van der Waals surface area contributed by atoms with Crippen molar-refractivity contribution < 1.29 is 18.3 Å². The van der Waals surface area contributed by atoms with Crippen molar-refractivity contribution in [2.75, 3.05) is 4.72 Å². The normalized spacial score (nSPS) is 9.92. The van der Waals surface area contributed by atoms with Crippen LogP contribution in [0.15, 0.2) is 18.3 Å². The fourth-order valence-electron chi connectivity index (χ4n) is 0.680. The first kappa shape index (κ1) is 9.46. The second kappa shape index (κ2) is 3.85. The van der Waals surface area contributed by atoms with E-state index in [1.165, 1.54) is 12.1 Å². The molecule has 0 spiro atoms. The molecule has 0 aromatic carbocycles. The maximum atomic E-state index is 10.4. The highest BCUT2D eigenvalue weighted by Gasteiger charge is 2.02. The summed E-state index contributed by atoms with van der Waals surface area (Å²) in [6.45, 7) is 0. The number of pyridine rings is 1. The van der Waals surface area contributed by atoms with Gasteiger partial charge in [-0.05, 0) is 12.1 Å². The van der Waals surface area contributed by atoms with Gasteiger partial charge in [0, 0.05) is 6.20 Å². The number of rotatable bonds is 3. The number of aromatic carboxylic acids is 1. The van der Waals surface area contributed by atoms with Gasteiger partial charge in [0.2, 0.25) is 10.9 Å². The highest BCUT2D eigenvalue weighted by Crippen LogP contribution is 2.04. The number of carboxylic acids is 1. The Bertz CT molecular complexity index is 376. The van der Waals surface area contributed by atoms with Crippen molar-refractivity contribution in [3.63, 3.8) is 0 Å². The fourth-order valence-corrected chi connectivity index (χ4v) is 0.999. The summed E-state index contributed by atoms with van der Waals surface area (Å²) in [7, 11) is -2.76. The maximum Gasteiger partial charge on any atom is 0.337 e. The van der Waals surface area contributed by atoms with Crippen LogP contribution in [-0.4, -0.2) is 24.5 Å². The maximum absolute atomic E-state index is 10.4. The predicted octanol–water partition coefficient (Wildman–Crippen LogP) is -0.282. The fraction of sp³-hybridized carbons (Fsp3) is 0. The number of nitrogens with one attached hydrogen (secondary N) is 1. The van der Waals surface area contributed by atoms with Crippen molar-refractivity contribution in [3.05, 3.63) is 23.9 Å². The number of thiol groups is 1. The molecule has 0 aliphatic rings. The highest BCUT2D eigenvalue weighted by atomic mass is 32.2. The Kier molecular flexibility index (Phi) is 2.80. The number of carboxylic acid groups (broad SMARTS) is 1. The molecule has 0 amide bonds. The van der Waals surface area contributed by atoms with Crippen molar-refractivity contribution in [3.8, 4) is 0 Å².